The van der Waals surface area contributed by atoms with Crippen LogP contribution in [0.15, 0.2) is 60.7 Å². The molecule has 2 aromatic carbocycles. The Morgan fingerprint density at radius 1 is 1.00 bits per heavy atom. The average molecular weight is 385 g/mol. The van der Waals surface area contributed by atoms with Gasteiger partial charge in [0.2, 0.25) is 7.29 Å². The summed E-state index contributed by atoms with van der Waals surface area (Å²) < 4.78 is 14.4. The molecule has 0 aromatic heterocycles. The van der Waals surface area contributed by atoms with Gasteiger partial charge in [-0.2, -0.15) is 0 Å². The second-order valence-electron chi connectivity index (χ2n) is 8.38. The third-order valence-corrected chi connectivity index (χ3v) is 9.06. The van der Waals surface area contributed by atoms with Crippen molar-refractivity contribution in [2.75, 3.05) is 0 Å². The molecule has 0 spiro atoms. The minimum atomic E-state index is -3.06. The molecule has 0 heterocycles. The first kappa shape index (κ1) is 20.3. The largest absolute Gasteiger partial charge is 0.391 e. The zero-order valence-electron chi connectivity index (χ0n) is 16.6. The first-order valence-electron chi connectivity index (χ1n) is 10.1. The molecule has 0 radical (unpaired) electrons. The van der Waals surface area contributed by atoms with Crippen molar-refractivity contribution in [2.45, 2.75) is 58.6 Å². The third kappa shape index (κ3) is 4.21. The zero-order valence-corrected chi connectivity index (χ0v) is 17.5. The summed E-state index contributed by atoms with van der Waals surface area (Å²) in [6, 6.07) is 19.1. The molecular formula is C23H32NO2P. The zero-order chi connectivity index (χ0) is 19.5. The van der Waals surface area contributed by atoms with E-state index < -0.39 is 13.4 Å². The Morgan fingerprint density at radius 3 is 2.00 bits per heavy atom. The Hall–Kier alpha value is -1.41. The topological polar surface area (TPSA) is 49.3 Å². The van der Waals surface area contributed by atoms with Crippen molar-refractivity contribution in [2.24, 2.45) is 11.3 Å². The highest BCUT2D eigenvalue weighted by molar-refractivity contribution is 7.76. The second kappa shape index (κ2) is 8.31. The van der Waals surface area contributed by atoms with Gasteiger partial charge in [0.05, 0.1) is 6.10 Å². The monoisotopic (exact) mass is 385 g/mol. The molecule has 0 amide bonds. The predicted molar refractivity (Wildman–Crippen MR) is 114 cm³/mol. The Kier molecular flexibility index (Phi) is 6.25. The number of aliphatic hydroxyl groups excluding tert-OH is 1. The summed E-state index contributed by atoms with van der Waals surface area (Å²) >= 11 is 0. The molecule has 2 aromatic rings. The summed E-state index contributed by atoms with van der Waals surface area (Å²) in [7, 11) is -3.06. The average Bonchev–Trinajstić information content (AvgIpc) is 2.70. The molecule has 1 aliphatic rings. The van der Waals surface area contributed by atoms with Crippen LogP contribution in [0, 0.1) is 11.3 Å². The van der Waals surface area contributed by atoms with Crippen LogP contribution in [-0.4, -0.2) is 17.3 Å². The molecule has 1 saturated carbocycles. The van der Waals surface area contributed by atoms with E-state index in [0.29, 0.717) is 0 Å². The standard InChI is InChI=1S/C23H32NO2P/c1-4-23(2,3)20-16-11-17-21(25)22(20)24-27(26,18-12-7-5-8-13-18)19-14-9-6-10-15-19/h5-10,12-15,20-22,25H,4,11,16-17H2,1-3H3,(H,24,26)/t20-,21+,22-/m1/s1. The number of aliphatic hydroxyl groups is 1. The van der Waals surface area contributed by atoms with Gasteiger partial charge in [-0.15, -0.1) is 0 Å². The van der Waals surface area contributed by atoms with Gasteiger partial charge < -0.3 is 5.11 Å². The Labute approximate surface area is 163 Å². The van der Waals surface area contributed by atoms with Crippen LogP contribution in [0.3, 0.4) is 0 Å². The van der Waals surface area contributed by atoms with Crippen molar-refractivity contribution >= 4 is 17.9 Å². The van der Waals surface area contributed by atoms with E-state index in [9.17, 15) is 9.67 Å². The predicted octanol–water partition coefficient (Wildman–Crippen LogP) is 4.47. The van der Waals surface area contributed by atoms with Gasteiger partial charge in [-0.25, -0.2) is 0 Å². The van der Waals surface area contributed by atoms with E-state index in [1.807, 2.05) is 60.7 Å². The summed E-state index contributed by atoms with van der Waals surface area (Å²) in [5.41, 5.74) is 0.0806. The van der Waals surface area contributed by atoms with Gasteiger partial charge in [0.15, 0.2) is 0 Å². The van der Waals surface area contributed by atoms with Crippen molar-refractivity contribution < 1.29 is 9.67 Å². The molecule has 3 rings (SSSR count). The lowest BCUT2D eigenvalue weighted by molar-refractivity contribution is 0.0188. The lowest BCUT2D eigenvalue weighted by Crippen LogP contribution is -2.53. The maximum atomic E-state index is 14.4. The third-order valence-electron chi connectivity index (χ3n) is 6.35. The Morgan fingerprint density at radius 2 is 1.52 bits per heavy atom. The van der Waals surface area contributed by atoms with Crippen molar-refractivity contribution in [3.05, 3.63) is 60.7 Å². The van der Waals surface area contributed by atoms with E-state index >= 15 is 0 Å². The SMILES string of the molecule is CCC(C)(C)[C@@H]1CCC[C@H](O)[C@@H]1NP(=O)(c1ccccc1)c1ccccc1. The van der Waals surface area contributed by atoms with Crippen LogP contribution in [-0.2, 0) is 4.57 Å². The van der Waals surface area contributed by atoms with Gasteiger partial charge in [-0.3, -0.25) is 9.65 Å². The molecular weight excluding hydrogens is 353 g/mol. The van der Waals surface area contributed by atoms with E-state index in [-0.39, 0.29) is 17.4 Å². The fraction of sp³-hybridized carbons (Fsp3) is 0.478. The fourth-order valence-electron chi connectivity index (χ4n) is 4.27. The minimum Gasteiger partial charge on any atom is -0.391 e. The van der Waals surface area contributed by atoms with Gasteiger partial charge in [0.25, 0.3) is 0 Å². The van der Waals surface area contributed by atoms with E-state index in [0.717, 1.165) is 36.3 Å². The first-order valence-corrected chi connectivity index (χ1v) is 11.8. The van der Waals surface area contributed by atoms with E-state index in [1.165, 1.54) is 0 Å². The molecule has 0 bridgehead atoms. The highest BCUT2D eigenvalue weighted by atomic mass is 31.2. The molecule has 3 atom stereocenters. The van der Waals surface area contributed by atoms with E-state index in [4.69, 9.17) is 0 Å². The number of rotatable bonds is 6. The molecule has 146 valence electrons. The van der Waals surface area contributed by atoms with Gasteiger partial charge in [0.1, 0.15) is 0 Å². The first-order chi connectivity index (χ1) is 12.9. The summed E-state index contributed by atoms with van der Waals surface area (Å²) in [4.78, 5) is 0. The highest BCUT2D eigenvalue weighted by Gasteiger charge is 2.43. The molecule has 1 aliphatic carbocycles. The maximum absolute atomic E-state index is 14.4. The summed E-state index contributed by atoms with van der Waals surface area (Å²) in [5, 5.41) is 16.0. The van der Waals surface area contributed by atoms with Gasteiger partial charge in [-0.05, 0) is 48.4 Å². The van der Waals surface area contributed by atoms with Gasteiger partial charge in [0, 0.05) is 16.7 Å². The van der Waals surface area contributed by atoms with Crippen LogP contribution in [0.4, 0.5) is 0 Å². The number of benzene rings is 2. The Balaban J connectivity index is 2.04. The van der Waals surface area contributed by atoms with Crippen LogP contribution in [0.1, 0.15) is 46.5 Å². The second-order valence-corrected chi connectivity index (χ2v) is 10.9. The lowest BCUT2D eigenvalue weighted by Gasteiger charge is -2.46. The smallest absolute Gasteiger partial charge is 0.204 e. The number of hydrogen-bond acceptors (Lipinski definition) is 2. The van der Waals surface area contributed by atoms with E-state index in [2.05, 4.69) is 25.9 Å². The van der Waals surface area contributed by atoms with Crippen LogP contribution in [0.5, 0.6) is 0 Å². The van der Waals surface area contributed by atoms with Crippen molar-refractivity contribution in [3.63, 3.8) is 0 Å². The normalized spacial score (nSPS) is 23.9. The molecule has 0 aliphatic heterocycles. The fourth-order valence-corrected chi connectivity index (χ4v) is 6.83. The summed E-state index contributed by atoms with van der Waals surface area (Å²) in [6.07, 6.45) is 3.39. The molecule has 2 N–H and O–H groups in total. The van der Waals surface area contributed by atoms with Crippen LogP contribution in [0.25, 0.3) is 0 Å². The lowest BCUT2D eigenvalue weighted by atomic mass is 9.66. The van der Waals surface area contributed by atoms with Gasteiger partial charge in [-0.1, -0.05) is 70.0 Å². The minimum absolute atomic E-state index is 0.0806. The number of hydrogen-bond donors (Lipinski definition) is 2. The van der Waals surface area contributed by atoms with Crippen LogP contribution >= 0.6 is 7.29 Å². The van der Waals surface area contributed by atoms with Crippen molar-refractivity contribution in [3.8, 4) is 0 Å². The maximum Gasteiger partial charge on any atom is 0.204 e. The Bertz CT molecular complexity index is 732. The van der Waals surface area contributed by atoms with Crippen molar-refractivity contribution in [1.29, 1.82) is 0 Å². The van der Waals surface area contributed by atoms with Crippen LogP contribution in [0.2, 0.25) is 0 Å². The number of nitrogens with one attached hydrogen (secondary N) is 1. The molecule has 27 heavy (non-hydrogen) atoms. The van der Waals surface area contributed by atoms with Gasteiger partial charge >= 0.3 is 0 Å². The summed E-state index contributed by atoms with van der Waals surface area (Å²) in [6.45, 7) is 6.73. The summed E-state index contributed by atoms with van der Waals surface area (Å²) in [5.74, 6) is 0.284. The molecule has 0 unspecified atom stereocenters. The molecule has 1 fully saturated rings. The van der Waals surface area contributed by atoms with Crippen molar-refractivity contribution in [1.82, 2.24) is 5.09 Å². The highest BCUT2D eigenvalue weighted by Crippen LogP contribution is 2.46. The quantitative estimate of drug-likeness (QED) is 0.722. The molecule has 4 heteroatoms. The molecule has 3 nitrogen and oxygen atoms in total. The van der Waals surface area contributed by atoms with Crippen LogP contribution < -0.4 is 15.7 Å². The molecule has 0 saturated heterocycles. The van der Waals surface area contributed by atoms with E-state index in [1.54, 1.807) is 0 Å².